The van der Waals surface area contributed by atoms with Gasteiger partial charge in [-0.05, 0) is 11.6 Å². The number of carbonyl (C=O) groups excluding carboxylic acids is 1. The molecule has 1 atom stereocenters. The zero-order valence-corrected chi connectivity index (χ0v) is 11.4. The lowest BCUT2D eigenvalue weighted by atomic mass is 10.1. The summed E-state index contributed by atoms with van der Waals surface area (Å²) in [6.45, 7) is 0.412. The molecule has 104 valence electrons. The summed E-state index contributed by atoms with van der Waals surface area (Å²) in [6.07, 6.45) is 1.40. The van der Waals surface area contributed by atoms with Crippen molar-refractivity contribution < 1.29 is 13.6 Å². The van der Waals surface area contributed by atoms with Crippen LogP contribution in [-0.4, -0.2) is 20.2 Å². The predicted molar refractivity (Wildman–Crippen MR) is 71.5 cm³/mol. The van der Waals surface area contributed by atoms with Gasteiger partial charge in [0.1, 0.15) is 0 Å². The van der Waals surface area contributed by atoms with Crippen molar-refractivity contribution in [1.29, 1.82) is 0 Å². The highest BCUT2D eigenvalue weighted by Gasteiger charge is 2.29. The van der Waals surface area contributed by atoms with Gasteiger partial charge in [-0.3, -0.25) is 4.79 Å². The van der Waals surface area contributed by atoms with Gasteiger partial charge >= 0.3 is 0 Å². The fraction of sp³-hybridized carbons (Fsp3) is 0.167. The maximum atomic E-state index is 12.3. The van der Waals surface area contributed by atoms with E-state index in [0.29, 0.717) is 12.1 Å². The Labute approximate surface area is 116 Å². The molecular formula is C12H12N4O3S. The van der Waals surface area contributed by atoms with Gasteiger partial charge in [0.15, 0.2) is 10.4 Å². The average molecular weight is 292 g/mol. The predicted octanol–water partition coefficient (Wildman–Crippen LogP) is 0.679. The van der Waals surface area contributed by atoms with E-state index in [0.717, 1.165) is 5.56 Å². The van der Waals surface area contributed by atoms with E-state index < -0.39 is 10.4 Å². The van der Waals surface area contributed by atoms with Crippen LogP contribution in [0.15, 0.2) is 35.5 Å². The highest BCUT2D eigenvalue weighted by atomic mass is 32.3. The van der Waals surface area contributed by atoms with Crippen LogP contribution in [0.5, 0.6) is 0 Å². The fourth-order valence-corrected chi connectivity index (χ4v) is 3.39. The van der Waals surface area contributed by atoms with Crippen molar-refractivity contribution in [2.45, 2.75) is 11.6 Å². The summed E-state index contributed by atoms with van der Waals surface area (Å²) in [7, 11) is -2.24. The largest absolute Gasteiger partial charge is 0.587 e. The Morgan fingerprint density at radius 1 is 1.45 bits per heavy atom. The Balaban J connectivity index is 2.01. The molecule has 0 saturated heterocycles. The van der Waals surface area contributed by atoms with Crippen molar-refractivity contribution in [2.75, 3.05) is 4.72 Å². The van der Waals surface area contributed by atoms with Gasteiger partial charge in [0, 0.05) is 19.7 Å². The molecule has 20 heavy (non-hydrogen) atoms. The Kier molecular flexibility index (Phi) is 2.84. The van der Waals surface area contributed by atoms with Crippen LogP contribution < -0.4 is 10.0 Å². The molecule has 7 nitrogen and oxygen atoms in total. The molecule has 2 N–H and O–H groups in total. The lowest BCUT2D eigenvalue weighted by molar-refractivity contribution is 0.0966. The second kappa shape index (κ2) is 4.43. The minimum atomic E-state index is -3.78. The smallest absolute Gasteiger partial charge is 0.270 e. The number of hydrogen-bond donors (Lipinski definition) is 2. The maximum Gasteiger partial charge on any atom is 0.270 e. The summed E-state index contributed by atoms with van der Waals surface area (Å²) in [6, 6.07) is 6.46. The number of aryl methyl sites for hydroxylation is 1. The molecule has 2 aromatic rings. The van der Waals surface area contributed by atoms with Crippen LogP contribution in [0.25, 0.3) is 0 Å². The molecule has 0 radical (unpaired) electrons. The molecule has 0 aliphatic carbocycles. The van der Waals surface area contributed by atoms with E-state index in [1.165, 1.54) is 24.0 Å². The molecule has 3 rings (SSSR count). The maximum absolute atomic E-state index is 12.3. The number of rotatable bonds is 3. The Morgan fingerprint density at radius 3 is 2.95 bits per heavy atom. The van der Waals surface area contributed by atoms with Crippen LogP contribution >= 0.6 is 0 Å². The summed E-state index contributed by atoms with van der Waals surface area (Å²) in [5, 5.41) is 6.53. The zero-order valence-electron chi connectivity index (χ0n) is 10.6. The van der Waals surface area contributed by atoms with Gasteiger partial charge in [0.25, 0.3) is 10.9 Å². The van der Waals surface area contributed by atoms with E-state index in [4.69, 9.17) is 0 Å². The van der Waals surface area contributed by atoms with Gasteiger partial charge in [-0.2, -0.15) is 5.10 Å². The first kappa shape index (κ1) is 12.8. The second-order valence-corrected chi connectivity index (χ2v) is 6.05. The van der Waals surface area contributed by atoms with Crippen LogP contribution in [0.4, 0.5) is 5.69 Å². The lowest BCUT2D eigenvalue weighted by Gasteiger charge is -2.16. The highest BCUT2D eigenvalue weighted by Crippen LogP contribution is 2.27. The molecule has 0 saturated carbocycles. The molecule has 0 bridgehead atoms. The van der Waals surface area contributed by atoms with Crippen molar-refractivity contribution >= 4 is 22.0 Å². The van der Waals surface area contributed by atoms with E-state index in [-0.39, 0.29) is 16.6 Å². The number of fused-ring (bicyclic) bond motifs is 1. The molecule has 1 aliphatic heterocycles. The molecule has 1 amide bonds. The van der Waals surface area contributed by atoms with Crippen molar-refractivity contribution in [1.82, 2.24) is 15.1 Å². The van der Waals surface area contributed by atoms with Crippen molar-refractivity contribution in [3.8, 4) is 0 Å². The number of aromatic nitrogens is 2. The van der Waals surface area contributed by atoms with Crippen LogP contribution in [-0.2, 0) is 28.2 Å². The first-order valence-electron chi connectivity index (χ1n) is 5.90. The molecule has 0 fully saturated rings. The van der Waals surface area contributed by atoms with E-state index in [1.54, 1.807) is 18.2 Å². The molecule has 1 aromatic heterocycles. The minimum absolute atomic E-state index is 0.0357. The Morgan fingerprint density at radius 2 is 2.25 bits per heavy atom. The van der Waals surface area contributed by atoms with Gasteiger partial charge in [0.2, 0.25) is 0 Å². The standard InChI is InChI=1S/C12H12N4O3S/c1-16-10(5-6-14-16)20(18,19)15-9-4-2-3-8-7-13-12(17)11(8)9/h2-6H,7H2,1H3,(H2-,13,15,17,18,19). The Hall–Kier alpha value is -2.19. The number of anilines is 1. The van der Waals surface area contributed by atoms with Crippen LogP contribution in [0.1, 0.15) is 15.9 Å². The van der Waals surface area contributed by atoms with Gasteiger partial charge < -0.3 is 9.87 Å². The molecule has 2 heterocycles. The van der Waals surface area contributed by atoms with E-state index in [2.05, 4.69) is 15.1 Å². The normalized spacial score (nSPS) is 16.4. The van der Waals surface area contributed by atoms with Crippen molar-refractivity contribution in [3.05, 3.63) is 41.6 Å². The van der Waals surface area contributed by atoms with Gasteiger partial charge in [0.05, 0.1) is 17.4 Å². The summed E-state index contributed by atoms with van der Waals surface area (Å²) in [4.78, 5) is 11.8. The molecule has 1 aromatic carbocycles. The average Bonchev–Trinajstić information content (AvgIpc) is 2.97. The third kappa shape index (κ3) is 1.98. The SMILES string of the molecule is Cn1nccc1[S+](=O)([O-])Nc1cccc2c1C(=O)NC2. The quantitative estimate of drug-likeness (QED) is 0.812. The van der Waals surface area contributed by atoms with Crippen molar-refractivity contribution in [3.63, 3.8) is 0 Å². The highest BCUT2D eigenvalue weighted by molar-refractivity contribution is 7.98. The number of amides is 1. The summed E-state index contributed by atoms with van der Waals surface area (Å²) in [5.41, 5.74) is 1.43. The zero-order chi connectivity index (χ0) is 14.3. The summed E-state index contributed by atoms with van der Waals surface area (Å²) in [5.74, 6) is -0.275. The minimum Gasteiger partial charge on any atom is -0.587 e. The first-order chi connectivity index (χ1) is 9.49. The van der Waals surface area contributed by atoms with Crippen LogP contribution in [0.3, 0.4) is 0 Å². The number of sulfonamides is 1. The lowest BCUT2D eigenvalue weighted by Crippen LogP contribution is -2.25. The van der Waals surface area contributed by atoms with E-state index in [1.807, 2.05) is 0 Å². The second-order valence-electron chi connectivity index (χ2n) is 4.42. The third-order valence-corrected chi connectivity index (χ3v) is 4.55. The molecule has 0 spiro atoms. The van der Waals surface area contributed by atoms with Gasteiger partial charge in [-0.25, -0.2) is 9.40 Å². The van der Waals surface area contributed by atoms with Crippen molar-refractivity contribution in [2.24, 2.45) is 7.05 Å². The topological polar surface area (TPSA) is 99.1 Å². The molecule has 8 heteroatoms. The molecule has 1 unspecified atom stereocenters. The van der Waals surface area contributed by atoms with Crippen LogP contribution in [0.2, 0.25) is 0 Å². The Bertz CT molecular complexity index is 740. The fourth-order valence-electron chi connectivity index (χ4n) is 2.19. The van der Waals surface area contributed by atoms with Crippen LogP contribution in [0, 0.1) is 0 Å². The number of nitrogens with zero attached hydrogens (tertiary/aromatic N) is 2. The summed E-state index contributed by atoms with van der Waals surface area (Å²) >= 11 is 0. The number of carbonyl (C=O) groups is 1. The summed E-state index contributed by atoms with van der Waals surface area (Å²) < 4.78 is 28.3. The van der Waals surface area contributed by atoms with E-state index >= 15 is 0 Å². The third-order valence-electron chi connectivity index (χ3n) is 3.11. The molecule has 1 aliphatic rings. The first-order valence-corrected chi connectivity index (χ1v) is 7.38. The van der Waals surface area contributed by atoms with Gasteiger partial charge in [-0.1, -0.05) is 16.3 Å². The number of benzene rings is 1. The number of nitrogens with one attached hydrogen (secondary N) is 2. The number of hydrogen-bond acceptors (Lipinski definition) is 4. The van der Waals surface area contributed by atoms with E-state index in [9.17, 15) is 13.6 Å². The monoisotopic (exact) mass is 292 g/mol. The molecular weight excluding hydrogens is 280 g/mol. The van der Waals surface area contributed by atoms with Gasteiger partial charge in [-0.15, -0.1) is 0 Å².